The van der Waals surface area contributed by atoms with E-state index in [4.69, 9.17) is 5.11 Å². The molecule has 178 valence electrons. The molecule has 2 aliphatic heterocycles. The number of carbonyl (C=O) groups excluding carboxylic acids is 1. The predicted molar refractivity (Wildman–Crippen MR) is 142 cm³/mol. The van der Waals surface area contributed by atoms with E-state index in [2.05, 4.69) is 43.6 Å². The molecule has 1 amide bonds. The highest BCUT2D eigenvalue weighted by Gasteiger charge is 2.28. The number of carboxylic acid groups (broad SMARTS) is 1. The second-order valence-electron chi connectivity index (χ2n) is 8.94. The van der Waals surface area contributed by atoms with E-state index >= 15 is 0 Å². The minimum Gasteiger partial charge on any atom is -0.481 e. The van der Waals surface area contributed by atoms with Crippen LogP contribution in [0.3, 0.4) is 0 Å². The maximum absolute atomic E-state index is 13.1. The van der Waals surface area contributed by atoms with Crippen molar-refractivity contribution in [1.29, 1.82) is 0 Å². The van der Waals surface area contributed by atoms with Crippen LogP contribution in [0.2, 0.25) is 0 Å². The molecule has 0 radical (unpaired) electrons. The zero-order valence-corrected chi connectivity index (χ0v) is 20.8. The van der Waals surface area contributed by atoms with Gasteiger partial charge in [0.25, 0.3) is 5.91 Å². The molecule has 5 rings (SSSR count). The number of aliphatic carboxylic acids is 1. The van der Waals surface area contributed by atoms with E-state index in [9.17, 15) is 9.59 Å². The number of benzene rings is 3. The Bertz CT molecular complexity index is 1300. The van der Waals surface area contributed by atoms with Gasteiger partial charge in [0.05, 0.1) is 17.0 Å². The molecule has 0 aromatic heterocycles. The smallest absolute Gasteiger partial charge is 0.303 e. The summed E-state index contributed by atoms with van der Waals surface area (Å²) in [7, 11) is 0. The van der Waals surface area contributed by atoms with Crippen molar-refractivity contribution in [3.05, 3.63) is 93.5 Å². The molecule has 0 bridgehead atoms. The number of carboxylic acids is 1. The number of hydrogen-bond donors (Lipinski definition) is 3. The summed E-state index contributed by atoms with van der Waals surface area (Å²) in [6.07, 6.45) is 1.82. The van der Waals surface area contributed by atoms with E-state index in [-0.39, 0.29) is 12.3 Å². The van der Waals surface area contributed by atoms with Gasteiger partial charge in [0, 0.05) is 28.7 Å². The Kier molecular flexibility index (Phi) is 6.70. The van der Waals surface area contributed by atoms with Gasteiger partial charge in [0.2, 0.25) is 0 Å². The minimum atomic E-state index is -0.818. The number of carbonyl (C=O) groups is 2. The third-order valence-corrected chi connectivity index (χ3v) is 6.92. The van der Waals surface area contributed by atoms with Gasteiger partial charge in [0.15, 0.2) is 0 Å². The van der Waals surface area contributed by atoms with E-state index in [0.717, 1.165) is 52.2 Å². The summed E-state index contributed by atoms with van der Waals surface area (Å²) < 4.78 is 0.896. The number of hydrogen-bond acceptors (Lipinski definition) is 4. The number of rotatable bonds is 8. The third-order valence-electron chi connectivity index (χ3n) is 6.42. The number of likely N-dealkylation sites (tertiary alicyclic amines) is 1. The standard InChI is InChI=1S/C28H26BrN3O3/c29-21-9-12-23-24(16-21)31-28(35)26(23)27(20-7-2-18(3-8-20)6-13-25(33)34)30-22-10-4-19(5-11-22)17-32-14-1-15-32/h2-5,7-12,16,30H,1,6,13-15,17H2,(H,31,35)(H,33,34)/b27-26-. The fraction of sp³-hybridized carbons (Fsp3) is 0.214. The number of halogens is 1. The molecule has 0 atom stereocenters. The van der Waals surface area contributed by atoms with E-state index in [1.165, 1.54) is 12.0 Å². The zero-order chi connectivity index (χ0) is 24.4. The predicted octanol–water partition coefficient (Wildman–Crippen LogP) is 5.60. The summed E-state index contributed by atoms with van der Waals surface area (Å²) in [5.74, 6) is -0.980. The van der Waals surface area contributed by atoms with E-state index in [1.54, 1.807) is 0 Å². The maximum Gasteiger partial charge on any atom is 0.303 e. The topological polar surface area (TPSA) is 81.7 Å². The van der Waals surface area contributed by atoms with Crippen LogP contribution in [-0.2, 0) is 22.6 Å². The number of nitrogens with one attached hydrogen (secondary N) is 2. The van der Waals surface area contributed by atoms with Crippen LogP contribution in [0.15, 0.2) is 71.2 Å². The number of aryl methyl sites for hydroxylation is 1. The van der Waals surface area contributed by atoms with Crippen molar-refractivity contribution in [3.8, 4) is 0 Å². The van der Waals surface area contributed by atoms with Gasteiger partial charge in [-0.25, -0.2) is 0 Å². The molecule has 3 aromatic carbocycles. The molecule has 2 heterocycles. The van der Waals surface area contributed by atoms with Gasteiger partial charge >= 0.3 is 5.97 Å². The van der Waals surface area contributed by atoms with Crippen molar-refractivity contribution in [3.63, 3.8) is 0 Å². The lowest BCUT2D eigenvalue weighted by Crippen LogP contribution is -2.36. The SMILES string of the molecule is O=C(O)CCc1ccc(/C(Nc2ccc(CN3CCC3)cc2)=C2/C(=O)Nc3cc(Br)ccc32)cc1. The van der Waals surface area contributed by atoms with E-state index in [0.29, 0.717) is 17.7 Å². The molecule has 0 spiro atoms. The molecule has 0 saturated carbocycles. The molecular weight excluding hydrogens is 506 g/mol. The first-order valence-electron chi connectivity index (χ1n) is 11.7. The summed E-state index contributed by atoms with van der Waals surface area (Å²) in [6, 6.07) is 21.8. The first-order valence-corrected chi connectivity index (χ1v) is 12.5. The highest BCUT2D eigenvalue weighted by molar-refractivity contribution is 9.10. The van der Waals surface area contributed by atoms with Crippen molar-refractivity contribution in [2.24, 2.45) is 0 Å². The average molecular weight is 532 g/mol. The normalized spacial score (nSPS) is 16.3. The first kappa shape index (κ1) is 23.3. The van der Waals surface area contributed by atoms with Crippen molar-refractivity contribution in [1.82, 2.24) is 4.90 Å². The van der Waals surface area contributed by atoms with Gasteiger partial charge in [-0.15, -0.1) is 0 Å². The second-order valence-corrected chi connectivity index (χ2v) is 9.85. The van der Waals surface area contributed by atoms with Crippen LogP contribution in [0, 0.1) is 0 Å². The number of nitrogens with zero attached hydrogens (tertiary/aromatic N) is 1. The quantitative estimate of drug-likeness (QED) is 0.329. The Labute approximate surface area is 212 Å². The lowest BCUT2D eigenvalue weighted by molar-refractivity contribution is -0.137. The largest absolute Gasteiger partial charge is 0.481 e. The maximum atomic E-state index is 13.1. The summed E-state index contributed by atoms with van der Waals surface area (Å²) >= 11 is 3.48. The molecular formula is C28H26BrN3O3. The second kappa shape index (κ2) is 10.1. The van der Waals surface area contributed by atoms with Gasteiger partial charge in [0.1, 0.15) is 0 Å². The number of anilines is 2. The summed E-state index contributed by atoms with van der Waals surface area (Å²) in [5.41, 5.74) is 6.85. The highest BCUT2D eigenvalue weighted by atomic mass is 79.9. The lowest BCUT2D eigenvalue weighted by atomic mass is 9.98. The van der Waals surface area contributed by atoms with Crippen LogP contribution in [0.25, 0.3) is 11.3 Å². The molecule has 7 heteroatoms. The fourth-order valence-corrected chi connectivity index (χ4v) is 4.76. The fourth-order valence-electron chi connectivity index (χ4n) is 4.40. The molecule has 0 unspecified atom stereocenters. The van der Waals surface area contributed by atoms with Crippen LogP contribution in [-0.4, -0.2) is 35.0 Å². The Morgan fingerprint density at radius 3 is 2.37 bits per heavy atom. The number of amides is 1. The van der Waals surface area contributed by atoms with Crippen LogP contribution in [0.5, 0.6) is 0 Å². The molecule has 1 saturated heterocycles. The molecule has 1 fully saturated rings. The van der Waals surface area contributed by atoms with Gasteiger partial charge in [-0.3, -0.25) is 14.5 Å². The highest BCUT2D eigenvalue weighted by Crippen LogP contribution is 2.39. The van der Waals surface area contributed by atoms with Crippen molar-refractivity contribution >= 4 is 50.5 Å². The average Bonchev–Trinajstić information content (AvgIpc) is 3.14. The summed E-state index contributed by atoms with van der Waals surface area (Å²) in [4.78, 5) is 26.5. The van der Waals surface area contributed by atoms with Crippen LogP contribution in [0.4, 0.5) is 11.4 Å². The van der Waals surface area contributed by atoms with Crippen molar-refractivity contribution in [2.75, 3.05) is 23.7 Å². The Morgan fingerprint density at radius 1 is 1.00 bits per heavy atom. The monoisotopic (exact) mass is 531 g/mol. The zero-order valence-electron chi connectivity index (χ0n) is 19.2. The van der Waals surface area contributed by atoms with Crippen LogP contribution >= 0.6 is 15.9 Å². The van der Waals surface area contributed by atoms with Crippen molar-refractivity contribution < 1.29 is 14.7 Å². The van der Waals surface area contributed by atoms with Gasteiger partial charge in [-0.1, -0.05) is 58.4 Å². The van der Waals surface area contributed by atoms with Crippen molar-refractivity contribution in [2.45, 2.75) is 25.8 Å². The summed E-state index contributed by atoms with van der Waals surface area (Å²) in [6.45, 7) is 3.27. The van der Waals surface area contributed by atoms with E-state index < -0.39 is 5.97 Å². The molecule has 2 aliphatic rings. The van der Waals surface area contributed by atoms with E-state index in [1.807, 2.05) is 54.6 Å². The van der Waals surface area contributed by atoms with Gasteiger partial charge in [-0.2, -0.15) is 0 Å². The Balaban J connectivity index is 1.49. The molecule has 0 aliphatic carbocycles. The van der Waals surface area contributed by atoms with Gasteiger partial charge < -0.3 is 15.7 Å². The Hall–Kier alpha value is -3.42. The Morgan fingerprint density at radius 2 is 1.71 bits per heavy atom. The molecule has 35 heavy (non-hydrogen) atoms. The lowest BCUT2D eigenvalue weighted by Gasteiger charge is -2.30. The minimum absolute atomic E-state index is 0.0833. The summed E-state index contributed by atoms with van der Waals surface area (Å²) in [5, 5.41) is 15.5. The van der Waals surface area contributed by atoms with Crippen LogP contribution in [0.1, 0.15) is 35.1 Å². The first-order chi connectivity index (χ1) is 17.0. The molecule has 3 N–H and O–H groups in total. The molecule has 6 nitrogen and oxygen atoms in total. The third kappa shape index (κ3) is 5.31. The molecule has 3 aromatic rings. The number of fused-ring (bicyclic) bond motifs is 1. The van der Waals surface area contributed by atoms with Crippen LogP contribution < -0.4 is 10.6 Å². The van der Waals surface area contributed by atoms with Gasteiger partial charge in [-0.05, 0) is 66.9 Å².